The van der Waals surface area contributed by atoms with Crippen LogP contribution in [0.2, 0.25) is 0 Å². The number of oxazole rings is 1. The average molecular weight is 246 g/mol. The van der Waals surface area contributed by atoms with Crippen molar-refractivity contribution in [2.45, 2.75) is 32.6 Å². The SMILES string of the molecule is CCCCCc1nc2ccc(N=C=S)cc2o1. The van der Waals surface area contributed by atoms with Crippen molar-refractivity contribution in [3.05, 3.63) is 24.1 Å². The third kappa shape index (κ3) is 2.99. The second-order valence-corrected chi connectivity index (χ2v) is 4.10. The zero-order chi connectivity index (χ0) is 12.1. The lowest BCUT2D eigenvalue weighted by Crippen LogP contribution is -1.84. The van der Waals surface area contributed by atoms with Gasteiger partial charge in [-0.3, -0.25) is 0 Å². The summed E-state index contributed by atoms with van der Waals surface area (Å²) in [6.45, 7) is 2.18. The van der Waals surface area contributed by atoms with Crippen molar-refractivity contribution in [2.75, 3.05) is 0 Å². The Balaban J connectivity index is 2.21. The van der Waals surface area contributed by atoms with Crippen molar-refractivity contribution >= 4 is 34.2 Å². The Bertz CT molecular complexity index is 556. The largest absolute Gasteiger partial charge is 0.441 e. The molecule has 0 fully saturated rings. The first kappa shape index (κ1) is 12.0. The van der Waals surface area contributed by atoms with Gasteiger partial charge in [0.2, 0.25) is 0 Å². The summed E-state index contributed by atoms with van der Waals surface area (Å²) in [4.78, 5) is 8.35. The fourth-order valence-electron chi connectivity index (χ4n) is 1.72. The maximum atomic E-state index is 5.67. The lowest BCUT2D eigenvalue weighted by Gasteiger charge is -1.92. The molecule has 0 radical (unpaired) electrons. The second kappa shape index (κ2) is 5.71. The fourth-order valence-corrected chi connectivity index (χ4v) is 1.82. The molecule has 2 rings (SSSR count). The van der Waals surface area contributed by atoms with Gasteiger partial charge >= 0.3 is 0 Å². The number of thiocarbonyl (C=S) groups is 1. The summed E-state index contributed by atoms with van der Waals surface area (Å²) in [5.74, 6) is 0.803. The molecule has 0 spiro atoms. The van der Waals surface area contributed by atoms with Crippen molar-refractivity contribution in [2.24, 2.45) is 4.99 Å². The molecule has 0 saturated carbocycles. The van der Waals surface area contributed by atoms with Gasteiger partial charge in [-0.25, -0.2) is 4.98 Å². The highest BCUT2D eigenvalue weighted by molar-refractivity contribution is 7.78. The standard InChI is InChI=1S/C13H14N2OS/c1-2-3-4-5-13-15-11-7-6-10(14-9-17)8-12(11)16-13/h6-8H,2-5H2,1H3. The molecule has 88 valence electrons. The van der Waals surface area contributed by atoms with Crippen LogP contribution in [0.3, 0.4) is 0 Å². The van der Waals surface area contributed by atoms with Crippen molar-refractivity contribution in [1.29, 1.82) is 0 Å². The van der Waals surface area contributed by atoms with Crippen molar-refractivity contribution in [3.8, 4) is 0 Å². The topological polar surface area (TPSA) is 38.4 Å². The monoisotopic (exact) mass is 246 g/mol. The molecule has 0 aliphatic heterocycles. The number of aryl methyl sites for hydroxylation is 1. The molecule has 17 heavy (non-hydrogen) atoms. The Hall–Kier alpha value is -1.51. The lowest BCUT2D eigenvalue weighted by atomic mass is 10.2. The van der Waals surface area contributed by atoms with Gasteiger partial charge in [0.15, 0.2) is 11.5 Å². The van der Waals surface area contributed by atoms with E-state index in [1.807, 2.05) is 18.2 Å². The molecule has 1 aromatic heterocycles. The van der Waals surface area contributed by atoms with E-state index in [0.29, 0.717) is 0 Å². The predicted molar refractivity (Wildman–Crippen MR) is 71.9 cm³/mol. The smallest absolute Gasteiger partial charge is 0.195 e. The van der Waals surface area contributed by atoms with Gasteiger partial charge in [-0.05, 0) is 30.8 Å². The van der Waals surface area contributed by atoms with Gasteiger partial charge in [0.05, 0.1) is 10.8 Å². The van der Waals surface area contributed by atoms with Gasteiger partial charge in [0.1, 0.15) is 5.52 Å². The van der Waals surface area contributed by atoms with E-state index in [4.69, 9.17) is 4.42 Å². The molecule has 1 heterocycles. The summed E-state index contributed by atoms with van der Waals surface area (Å²) in [5, 5.41) is 2.34. The number of hydrogen-bond donors (Lipinski definition) is 0. The van der Waals surface area contributed by atoms with E-state index in [1.54, 1.807) is 0 Å². The Morgan fingerprint density at radius 3 is 3.06 bits per heavy atom. The van der Waals surface area contributed by atoms with Gasteiger partial charge in [0, 0.05) is 12.5 Å². The minimum absolute atomic E-state index is 0.753. The molecule has 2 aromatic rings. The van der Waals surface area contributed by atoms with Crippen LogP contribution in [-0.2, 0) is 6.42 Å². The lowest BCUT2D eigenvalue weighted by molar-refractivity contribution is 0.513. The number of aromatic nitrogens is 1. The van der Waals surface area contributed by atoms with Crippen LogP contribution in [0, 0.1) is 0 Å². The maximum absolute atomic E-state index is 5.67. The third-order valence-corrected chi connectivity index (χ3v) is 2.68. The zero-order valence-electron chi connectivity index (χ0n) is 9.77. The Morgan fingerprint density at radius 1 is 1.41 bits per heavy atom. The summed E-state index contributed by atoms with van der Waals surface area (Å²) in [6, 6.07) is 5.60. The molecule has 0 amide bonds. The molecule has 0 saturated heterocycles. The molecule has 0 aliphatic rings. The van der Waals surface area contributed by atoms with E-state index in [-0.39, 0.29) is 0 Å². The van der Waals surface area contributed by atoms with E-state index in [1.165, 1.54) is 12.8 Å². The van der Waals surface area contributed by atoms with Gasteiger partial charge < -0.3 is 4.42 Å². The molecule has 1 aromatic carbocycles. The first-order valence-electron chi connectivity index (χ1n) is 5.81. The zero-order valence-corrected chi connectivity index (χ0v) is 10.6. The average Bonchev–Trinajstić information content (AvgIpc) is 2.72. The number of aliphatic imine (C=N–C) groups is 1. The normalized spacial score (nSPS) is 10.4. The quantitative estimate of drug-likeness (QED) is 0.448. The van der Waals surface area contributed by atoms with E-state index < -0.39 is 0 Å². The minimum atomic E-state index is 0.753. The van der Waals surface area contributed by atoms with Crippen LogP contribution in [0.5, 0.6) is 0 Å². The molecule has 4 heteroatoms. The first-order chi connectivity index (χ1) is 8.33. The molecule has 0 unspecified atom stereocenters. The van der Waals surface area contributed by atoms with Gasteiger partial charge in [0.25, 0.3) is 0 Å². The Kier molecular flexibility index (Phi) is 4.02. The molecular weight excluding hydrogens is 232 g/mol. The third-order valence-electron chi connectivity index (χ3n) is 2.59. The van der Waals surface area contributed by atoms with Crippen LogP contribution in [0.25, 0.3) is 11.1 Å². The van der Waals surface area contributed by atoms with Crippen LogP contribution >= 0.6 is 12.2 Å². The highest BCUT2D eigenvalue weighted by Crippen LogP contribution is 2.22. The maximum Gasteiger partial charge on any atom is 0.195 e. The fraction of sp³-hybridized carbons (Fsp3) is 0.385. The minimum Gasteiger partial charge on any atom is -0.441 e. The van der Waals surface area contributed by atoms with Crippen molar-refractivity contribution < 1.29 is 4.42 Å². The van der Waals surface area contributed by atoms with Crippen LogP contribution in [0.1, 0.15) is 32.1 Å². The van der Waals surface area contributed by atoms with E-state index in [2.05, 4.69) is 34.3 Å². The highest BCUT2D eigenvalue weighted by atomic mass is 32.1. The van der Waals surface area contributed by atoms with E-state index in [9.17, 15) is 0 Å². The molecular formula is C13H14N2OS. The van der Waals surface area contributed by atoms with E-state index in [0.717, 1.165) is 35.5 Å². The van der Waals surface area contributed by atoms with Crippen LogP contribution < -0.4 is 0 Å². The molecule has 0 aliphatic carbocycles. The van der Waals surface area contributed by atoms with Gasteiger partial charge in [-0.2, -0.15) is 4.99 Å². The number of fused-ring (bicyclic) bond motifs is 1. The summed E-state index contributed by atoms with van der Waals surface area (Å²) >= 11 is 4.57. The van der Waals surface area contributed by atoms with Crippen LogP contribution in [-0.4, -0.2) is 10.1 Å². The molecule has 0 N–H and O–H groups in total. The van der Waals surface area contributed by atoms with Crippen LogP contribution in [0.4, 0.5) is 5.69 Å². The molecule has 0 bridgehead atoms. The second-order valence-electron chi connectivity index (χ2n) is 3.92. The molecule has 0 atom stereocenters. The summed E-state index contributed by atoms with van der Waals surface area (Å²) in [6.07, 6.45) is 4.43. The number of hydrogen-bond acceptors (Lipinski definition) is 4. The number of benzene rings is 1. The predicted octanol–water partition coefficient (Wildman–Crippen LogP) is 4.29. The van der Waals surface area contributed by atoms with Gasteiger partial charge in [-0.15, -0.1) is 0 Å². The van der Waals surface area contributed by atoms with Gasteiger partial charge in [-0.1, -0.05) is 19.8 Å². The van der Waals surface area contributed by atoms with Crippen molar-refractivity contribution in [3.63, 3.8) is 0 Å². The van der Waals surface area contributed by atoms with Crippen molar-refractivity contribution in [1.82, 2.24) is 4.98 Å². The molecule has 3 nitrogen and oxygen atoms in total. The summed E-state index contributed by atoms with van der Waals surface area (Å²) in [5.41, 5.74) is 2.39. The number of isothiocyanates is 1. The highest BCUT2D eigenvalue weighted by Gasteiger charge is 2.05. The summed E-state index contributed by atoms with van der Waals surface area (Å²) in [7, 11) is 0. The number of rotatable bonds is 5. The van der Waals surface area contributed by atoms with Crippen LogP contribution in [0.15, 0.2) is 27.6 Å². The van der Waals surface area contributed by atoms with E-state index >= 15 is 0 Å². The Labute approximate surface area is 106 Å². The first-order valence-corrected chi connectivity index (χ1v) is 6.21. The Morgan fingerprint density at radius 2 is 2.29 bits per heavy atom. The summed E-state index contributed by atoms with van der Waals surface area (Å²) < 4.78 is 5.67. The number of unbranched alkanes of at least 4 members (excludes halogenated alkanes) is 2. The number of nitrogens with zero attached hydrogens (tertiary/aromatic N) is 2.